The van der Waals surface area contributed by atoms with Crippen molar-refractivity contribution in [3.63, 3.8) is 0 Å². The largest absolute Gasteiger partial charge is 0.394 e. The third-order valence-electron chi connectivity index (χ3n) is 3.80. The Kier molecular flexibility index (Phi) is 5.86. The highest BCUT2D eigenvalue weighted by Gasteiger charge is 2.43. The summed E-state index contributed by atoms with van der Waals surface area (Å²) >= 11 is 0. The van der Waals surface area contributed by atoms with Crippen molar-refractivity contribution in [3.05, 3.63) is 5.92 Å². The molecule has 2 heterocycles. The molecule has 4 N–H and O–H groups in total. The highest BCUT2D eigenvalue weighted by Crippen LogP contribution is 2.25. The molecule has 2 fully saturated rings. The zero-order chi connectivity index (χ0) is 17.9. The molecule has 0 bridgehead atoms. The summed E-state index contributed by atoms with van der Waals surface area (Å²) in [4.78, 5) is 47.4. The number of hydrogen-bond donors (Lipinski definition) is 4. The van der Waals surface area contributed by atoms with E-state index in [1.165, 1.54) is 11.8 Å². The SMILES string of the molecule is CC(=O)CC(=O)NC[C]1CN([C@H]2C[C@H](O)[C@@H](CO)O2)C(=O)NC1=O. The summed E-state index contributed by atoms with van der Waals surface area (Å²) in [5, 5.41) is 23.4. The average Bonchev–Trinajstić information content (AvgIpc) is 2.86. The zero-order valence-corrected chi connectivity index (χ0v) is 13.2. The number of hydrogen-bond acceptors (Lipinski definition) is 7. The van der Waals surface area contributed by atoms with Crippen molar-refractivity contribution in [3.8, 4) is 0 Å². The van der Waals surface area contributed by atoms with E-state index < -0.39 is 36.3 Å². The lowest BCUT2D eigenvalue weighted by Gasteiger charge is -2.35. The van der Waals surface area contributed by atoms with Gasteiger partial charge < -0.3 is 20.3 Å². The number of carbonyl (C=O) groups is 4. The fraction of sp³-hybridized carbons (Fsp3) is 0.643. The predicted molar refractivity (Wildman–Crippen MR) is 78.2 cm³/mol. The van der Waals surface area contributed by atoms with E-state index in [4.69, 9.17) is 9.84 Å². The van der Waals surface area contributed by atoms with Crippen LogP contribution in [-0.2, 0) is 19.1 Å². The second-order valence-corrected chi connectivity index (χ2v) is 5.76. The van der Waals surface area contributed by atoms with Crippen LogP contribution in [-0.4, -0.2) is 76.9 Å². The number of nitrogens with zero attached hydrogens (tertiary/aromatic N) is 1. The van der Waals surface area contributed by atoms with Gasteiger partial charge in [0.1, 0.15) is 24.0 Å². The number of aliphatic hydroxyl groups is 2. The second-order valence-electron chi connectivity index (χ2n) is 5.76. The molecule has 4 amide bonds. The maximum atomic E-state index is 11.9. The number of Topliss-reactive ketones (excluding diaryl/α,β-unsaturated/α-hetero) is 1. The van der Waals surface area contributed by atoms with Gasteiger partial charge in [-0.25, -0.2) is 4.79 Å². The molecule has 2 rings (SSSR count). The Morgan fingerprint density at radius 1 is 1.42 bits per heavy atom. The smallest absolute Gasteiger partial charge is 0.326 e. The van der Waals surface area contributed by atoms with Crippen LogP contribution in [0.3, 0.4) is 0 Å². The molecule has 0 aliphatic carbocycles. The van der Waals surface area contributed by atoms with E-state index in [1.54, 1.807) is 0 Å². The van der Waals surface area contributed by atoms with E-state index >= 15 is 0 Å². The minimum Gasteiger partial charge on any atom is -0.394 e. The van der Waals surface area contributed by atoms with Crippen LogP contribution < -0.4 is 10.6 Å². The summed E-state index contributed by atoms with van der Waals surface area (Å²) in [5.41, 5.74) is 0. The Labute approximate surface area is 138 Å². The molecule has 133 valence electrons. The van der Waals surface area contributed by atoms with Crippen LogP contribution in [0, 0.1) is 5.92 Å². The molecule has 0 aromatic heterocycles. The summed E-state index contributed by atoms with van der Waals surface area (Å²) < 4.78 is 5.40. The number of nitrogens with one attached hydrogen (secondary N) is 2. The minimum absolute atomic E-state index is 0.0828. The molecule has 2 aliphatic rings. The van der Waals surface area contributed by atoms with Crippen LogP contribution in [0.2, 0.25) is 0 Å². The summed E-state index contributed by atoms with van der Waals surface area (Å²) in [6.45, 7) is 0.700. The van der Waals surface area contributed by atoms with Gasteiger partial charge in [-0.3, -0.25) is 24.6 Å². The minimum atomic E-state index is -0.913. The van der Waals surface area contributed by atoms with Gasteiger partial charge in [-0.2, -0.15) is 0 Å². The molecule has 3 atom stereocenters. The van der Waals surface area contributed by atoms with Crippen molar-refractivity contribution >= 4 is 23.6 Å². The van der Waals surface area contributed by atoms with E-state index in [2.05, 4.69) is 10.6 Å². The van der Waals surface area contributed by atoms with Gasteiger partial charge >= 0.3 is 6.03 Å². The maximum absolute atomic E-state index is 11.9. The second kappa shape index (κ2) is 7.69. The van der Waals surface area contributed by atoms with Gasteiger partial charge in [0.25, 0.3) is 0 Å². The molecule has 10 nitrogen and oxygen atoms in total. The van der Waals surface area contributed by atoms with Gasteiger partial charge in [0.15, 0.2) is 0 Å². The van der Waals surface area contributed by atoms with E-state index in [1.807, 2.05) is 0 Å². The van der Waals surface area contributed by atoms with Crippen molar-refractivity contribution in [1.29, 1.82) is 0 Å². The van der Waals surface area contributed by atoms with E-state index in [0.717, 1.165) is 0 Å². The number of amides is 4. The average molecular weight is 342 g/mol. The van der Waals surface area contributed by atoms with Crippen LogP contribution in [0.25, 0.3) is 0 Å². The molecule has 0 aromatic carbocycles. The van der Waals surface area contributed by atoms with E-state index in [0.29, 0.717) is 0 Å². The molecule has 2 aliphatic heterocycles. The summed E-state index contributed by atoms with van der Waals surface area (Å²) in [5.74, 6) is -1.21. The third kappa shape index (κ3) is 4.28. The van der Waals surface area contributed by atoms with Crippen molar-refractivity contribution in [2.45, 2.75) is 38.2 Å². The molecular weight excluding hydrogens is 322 g/mol. The third-order valence-corrected chi connectivity index (χ3v) is 3.80. The van der Waals surface area contributed by atoms with E-state index in [-0.39, 0.29) is 44.2 Å². The molecule has 24 heavy (non-hydrogen) atoms. The van der Waals surface area contributed by atoms with Gasteiger partial charge in [-0.1, -0.05) is 0 Å². The highest BCUT2D eigenvalue weighted by atomic mass is 16.5. The van der Waals surface area contributed by atoms with E-state index in [9.17, 15) is 24.3 Å². The molecule has 0 saturated carbocycles. The lowest BCUT2D eigenvalue weighted by atomic mass is 10.1. The first-order valence-corrected chi connectivity index (χ1v) is 7.49. The summed E-state index contributed by atoms with van der Waals surface area (Å²) in [7, 11) is 0. The normalized spacial score (nSPS) is 28.0. The molecule has 2 saturated heterocycles. The number of ketones is 1. The number of aliphatic hydroxyl groups excluding tert-OH is 2. The van der Waals surface area contributed by atoms with Crippen LogP contribution in [0.4, 0.5) is 4.79 Å². The van der Waals surface area contributed by atoms with Crippen LogP contribution in [0.5, 0.6) is 0 Å². The van der Waals surface area contributed by atoms with Gasteiger partial charge in [-0.05, 0) is 6.92 Å². The molecule has 0 unspecified atom stereocenters. The fourth-order valence-corrected chi connectivity index (χ4v) is 2.54. The van der Waals surface area contributed by atoms with Crippen molar-refractivity contribution in [2.24, 2.45) is 0 Å². The van der Waals surface area contributed by atoms with Gasteiger partial charge in [-0.15, -0.1) is 0 Å². The number of imide groups is 1. The van der Waals surface area contributed by atoms with Gasteiger partial charge in [0.05, 0.1) is 19.1 Å². The summed E-state index contributed by atoms with van der Waals surface area (Å²) in [6.07, 6.45) is -2.67. The molecule has 0 aromatic rings. The Morgan fingerprint density at radius 3 is 2.71 bits per heavy atom. The van der Waals surface area contributed by atoms with Crippen molar-refractivity contribution in [2.75, 3.05) is 19.7 Å². The lowest BCUT2D eigenvalue weighted by molar-refractivity contribution is -0.127. The van der Waals surface area contributed by atoms with Crippen LogP contribution >= 0.6 is 0 Å². The van der Waals surface area contributed by atoms with Gasteiger partial charge in [0, 0.05) is 19.5 Å². The topological polar surface area (TPSA) is 145 Å². The number of carbonyl (C=O) groups excluding carboxylic acids is 4. The van der Waals surface area contributed by atoms with Gasteiger partial charge in [0.2, 0.25) is 11.8 Å². The maximum Gasteiger partial charge on any atom is 0.326 e. The number of urea groups is 1. The predicted octanol–water partition coefficient (Wildman–Crippen LogP) is -2.32. The van der Waals surface area contributed by atoms with Crippen LogP contribution in [0.1, 0.15) is 19.8 Å². The molecular formula is C14H20N3O7. The number of rotatable bonds is 6. The Morgan fingerprint density at radius 2 is 2.12 bits per heavy atom. The lowest BCUT2D eigenvalue weighted by Crippen LogP contribution is -2.58. The standard InChI is InChI=1S/C14H20N3O7/c1-7(19)2-11(21)15-4-8-5-17(14(23)16-13(8)22)12-3-9(20)10(6-18)24-12/h9-10,12,18,20H,2-6H2,1H3,(H,15,21)(H,16,22,23)/t9-,10+,12+/m0/s1. The quantitative estimate of drug-likeness (QED) is 0.396. The van der Waals surface area contributed by atoms with Crippen LogP contribution in [0.15, 0.2) is 0 Å². The van der Waals surface area contributed by atoms with Crippen molar-refractivity contribution < 1.29 is 34.1 Å². The first-order valence-electron chi connectivity index (χ1n) is 7.49. The Bertz CT molecular complexity index is 538. The molecule has 1 radical (unpaired) electrons. The molecule has 0 spiro atoms. The monoisotopic (exact) mass is 342 g/mol. The summed E-state index contributed by atoms with van der Waals surface area (Å²) in [6, 6.07) is -0.672. The zero-order valence-electron chi connectivity index (χ0n) is 13.2. The Balaban J connectivity index is 1.94. The number of ether oxygens (including phenoxy) is 1. The Hall–Kier alpha value is -2.04. The molecule has 10 heteroatoms. The first kappa shape index (κ1) is 18.3. The highest BCUT2D eigenvalue weighted by molar-refractivity contribution is 6.05. The fourth-order valence-electron chi connectivity index (χ4n) is 2.54. The first-order chi connectivity index (χ1) is 11.3. The van der Waals surface area contributed by atoms with Crippen molar-refractivity contribution in [1.82, 2.24) is 15.5 Å².